The quantitative estimate of drug-likeness (QED) is 0.535. The van der Waals surface area contributed by atoms with Crippen molar-refractivity contribution in [2.75, 3.05) is 0 Å². The smallest absolute Gasteiger partial charge is 0.309 e. The number of hydrogen-bond donors (Lipinski definition) is 0. The van der Waals surface area contributed by atoms with Crippen LogP contribution in [0.4, 0.5) is 0 Å². The zero-order valence-electron chi connectivity index (χ0n) is 11.2. The molecule has 106 valence electrons. The van der Waals surface area contributed by atoms with Crippen LogP contribution < -0.4 is 0 Å². The minimum atomic E-state index is -1.30. The van der Waals surface area contributed by atoms with E-state index in [0.717, 1.165) is 0 Å². The Morgan fingerprint density at radius 2 is 1.44 bits per heavy atom. The summed E-state index contributed by atoms with van der Waals surface area (Å²) < 4.78 is 8.57. The van der Waals surface area contributed by atoms with Crippen LogP contribution in [0.5, 0.6) is 0 Å². The molecule has 0 amide bonds. The highest BCUT2D eigenvalue weighted by Gasteiger charge is 2.30. The molecule has 0 aliphatic carbocycles. The third kappa shape index (κ3) is 9.54. The van der Waals surface area contributed by atoms with Gasteiger partial charge in [0.1, 0.15) is 4.33 Å². The van der Waals surface area contributed by atoms with Gasteiger partial charge in [0.15, 0.2) is 0 Å². The van der Waals surface area contributed by atoms with Crippen LogP contribution in [-0.4, -0.2) is 28.5 Å². The highest BCUT2D eigenvalue weighted by molar-refractivity contribution is 6.49. The molecule has 0 aliphatic rings. The molecular formula is C12H20Cl2O4. The second-order valence-corrected chi connectivity index (χ2v) is 6.25. The number of carbonyl (C=O) groups excluding carboxylic acids is 2. The minimum absolute atomic E-state index is 0.0696. The highest BCUT2D eigenvalue weighted by Crippen LogP contribution is 2.31. The first kappa shape index (κ1) is 17.5. The van der Waals surface area contributed by atoms with Crippen LogP contribution in [0.25, 0.3) is 0 Å². The Balaban J connectivity index is 4.07. The van der Waals surface area contributed by atoms with Gasteiger partial charge >= 0.3 is 11.9 Å². The summed E-state index contributed by atoms with van der Waals surface area (Å²) in [6, 6.07) is 0. The van der Waals surface area contributed by atoms with Crippen molar-refractivity contribution in [3.63, 3.8) is 0 Å². The standard InChI is InChI=1S/C12H20Cl2O4/c1-8(2)17-10(15)5-6-12(13,14)7-11(16)18-9(3)4/h8-9H,5-7H2,1-4H3. The fourth-order valence-electron chi connectivity index (χ4n) is 1.21. The number of esters is 2. The van der Waals surface area contributed by atoms with Crippen molar-refractivity contribution in [2.24, 2.45) is 0 Å². The molecule has 6 heteroatoms. The summed E-state index contributed by atoms with van der Waals surface area (Å²) in [5, 5.41) is 0. The molecule has 18 heavy (non-hydrogen) atoms. The lowest BCUT2D eigenvalue weighted by molar-refractivity contribution is -0.150. The van der Waals surface area contributed by atoms with Crippen LogP contribution in [0.15, 0.2) is 0 Å². The molecule has 0 saturated heterocycles. The summed E-state index contributed by atoms with van der Waals surface area (Å²) in [6.07, 6.45) is -0.325. The predicted octanol–water partition coefficient (Wildman–Crippen LogP) is 3.23. The van der Waals surface area contributed by atoms with Crippen molar-refractivity contribution >= 4 is 35.1 Å². The van der Waals surface area contributed by atoms with Gasteiger partial charge in [0.05, 0.1) is 18.6 Å². The van der Waals surface area contributed by atoms with Crippen molar-refractivity contribution in [1.29, 1.82) is 0 Å². The molecular weight excluding hydrogens is 279 g/mol. The number of hydrogen-bond acceptors (Lipinski definition) is 4. The Morgan fingerprint density at radius 3 is 1.89 bits per heavy atom. The van der Waals surface area contributed by atoms with Crippen molar-refractivity contribution < 1.29 is 19.1 Å². The van der Waals surface area contributed by atoms with Gasteiger partial charge in [-0.15, -0.1) is 23.2 Å². The van der Waals surface area contributed by atoms with E-state index in [1.54, 1.807) is 27.7 Å². The first-order valence-corrected chi connectivity index (χ1v) is 6.65. The molecule has 0 heterocycles. The van der Waals surface area contributed by atoms with Crippen LogP contribution >= 0.6 is 23.2 Å². The molecule has 0 spiro atoms. The average Bonchev–Trinajstić information content (AvgIpc) is 2.11. The van der Waals surface area contributed by atoms with Crippen LogP contribution in [0, 0.1) is 0 Å². The number of alkyl halides is 2. The summed E-state index contributed by atoms with van der Waals surface area (Å²) in [6.45, 7) is 6.99. The van der Waals surface area contributed by atoms with Crippen molar-refractivity contribution in [3.05, 3.63) is 0 Å². The molecule has 4 nitrogen and oxygen atoms in total. The maximum Gasteiger partial charge on any atom is 0.309 e. The van der Waals surface area contributed by atoms with Crippen molar-refractivity contribution in [3.8, 4) is 0 Å². The maximum absolute atomic E-state index is 11.4. The van der Waals surface area contributed by atoms with Crippen molar-refractivity contribution in [1.82, 2.24) is 0 Å². The molecule has 0 N–H and O–H groups in total. The number of carbonyl (C=O) groups is 2. The molecule has 0 aliphatic heterocycles. The lowest BCUT2D eigenvalue weighted by Gasteiger charge is -2.19. The van der Waals surface area contributed by atoms with E-state index < -0.39 is 10.3 Å². The van der Waals surface area contributed by atoms with Gasteiger partial charge in [-0.1, -0.05) is 0 Å². The molecule has 0 aromatic heterocycles. The zero-order chi connectivity index (χ0) is 14.3. The minimum Gasteiger partial charge on any atom is -0.463 e. The second-order valence-electron chi connectivity index (χ2n) is 4.61. The van der Waals surface area contributed by atoms with Gasteiger partial charge in [0.2, 0.25) is 0 Å². The Kier molecular flexibility index (Phi) is 7.64. The molecule has 0 atom stereocenters. The normalized spacial score (nSPS) is 11.8. The highest BCUT2D eigenvalue weighted by atomic mass is 35.5. The second kappa shape index (κ2) is 7.85. The van der Waals surface area contributed by atoms with E-state index in [-0.39, 0.29) is 37.4 Å². The fourth-order valence-corrected chi connectivity index (χ4v) is 1.62. The van der Waals surface area contributed by atoms with Gasteiger partial charge < -0.3 is 9.47 Å². The average molecular weight is 299 g/mol. The van der Waals surface area contributed by atoms with E-state index in [2.05, 4.69) is 0 Å². The Bertz CT molecular complexity index is 288. The maximum atomic E-state index is 11.4. The third-order valence-electron chi connectivity index (χ3n) is 1.83. The topological polar surface area (TPSA) is 52.6 Å². The van der Waals surface area contributed by atoms with Gasteiger partial charge in [-0.3, -0.25) is 9.59 Å². The number of ether oxygens (including phenoxy) is 2. The van der Waals surface area contributed by atoms with Crippen LogP contribution in [0.1, 0.15) is 47.0 Å². The molecule has 0 aromatic carbocycles. The number of rotatable bonds is 7. The Hall–Kier alpha value is -0.480. The zero-order valence-corrected chi connectivity index (χ0v) is 12.7. The lowest BCUT2D eigenvalue weighted by Crippen LogP contribution is -2.24. The van der Waals surface area contributed by atoms with E-state index in [9.17, 15) is 9.59 Å². The SMILES string of the molecule is CC(C)OC(=O)CCC(Cl)(Cl)CC(=O)OC(C)C. The van der Waals surface area contributed by atoms with Gasteiger partial charge in [0, 0.05) is 6.42 Å². The monoisotopic (exact) mass is 298 g/mol. The Labute approximate surface area is 118 Å². The van der Waals surface area contributed by atoms with Crippen LogP contribution in [0.2, 0.25) is 0 Å². The molecule has 0 unspecified atom stereocenters. The molecule has 0 radical (unpaired) electrons. The molecule has 0 rings (SSSR count). The summed E-state index contributed by atoms with van der Waals surface area (Å²) in [5.74, 6) is -0.861. The van der Waals surface area contributed by atoms with E-state index in [1.165, 1.54) is 0 Å². The van der Waals surface area contributed by atoms with Gasteiger partial charge in [0.25, 0.3) is 0 Å². The summed E-state index contributed by atoms with van der Waals surface area (Å²) in [4.78, 5) is 22.7. The molecule has 0 aromatic rings. The summed E-state index contributed by atoms with van der Waals surface area (Å²) in [7, 11) is 0. The van der Waals surface area contributed by atoms with E-state index in [1.807, 2.05) is 0 Å². The van der Waals surface area contributed by atoms with E-state index >= 15 is 0 Å². The Morgan fingerprint density at radius 1 is 1.00 bits per heavy atom. The van der Waals surface area contributed by atoms with Crippen LogP contribution in [-0.2, 0) is 19.1 Å². The summed E-state index contributed by atoms with van der Waals surface area (Å²) >= 11 is 11.9. The van der Waals surface area contributed by atoms with E-state index in [4.69, 9.17) is 32.7 Å². The third-order valence-corrected chi connectivity index (χ3v) is 2.48. The molecule has 0 bridgehead atoms. The first-order chi connectivity index (χ1) is 8.12. The van der Waals surface area contributed by atoms with Gasteiger partial charge in [-0.25, -0.2) is 0 Å². The fraction of sp³-hybridized carbons (Fsp3) is 0.833. The molecule has 0 saturated carbocycles. The van der Waals surface area contributed by atoms with Gasteiger partial charge in [-0.2, -0.15) is 0 Å². The number of halogens is 2. The summed E-state index contributed by atoms with van der Waals surface area (Å²) in [5.41, 5.74) is 0. The predicted molar refractivity (Wildman–Crippen MR) is 70.7 cm³/mol. The largest absolute Gasteiger partial charge is 0.463 e. The molecule has 0 fully saturated rings. The first-order valence-electron chi connectivity index (χ1n) is 5.89. The van der Waals surface area contributed by atoms with E-state index in [0.29, 0.717) is 0 Å². The van der Waals surface area contributed by atoms with Crippen LogP contribution in [0.3, 0.4) is 0 Å². The van der Waals surface area contributed by atoms with Crippen molar-refractivity contribution in [2.45, 2.75) is 63.5 Å². The van der Waals surface area contributed by atoms with Gasteiger partial charge in [-0.05, 0) is 34.1 Å². The lowest BCUT2D eigenvalue weighted by atomic mass is 10.2.